The summed E-state index contributed by atoms with van der Waals surface area (Å²) in [7, 11) is 5.77. The Morgan fingerprint density at radius 3 is 2.68 bits per heavy atom. The fraction of sp³-hybridized carbons (Fsp3) is 0.562. The van der Waals surface area contributed by atoms with Crippen LogP contribution < -0.4 is 10.5 Å². The predicted molar refractivity (Wildman–Crippen MR) is 88.3 cm³/mol. The molecule has 6 heteroatoms. The minimum Gasteiger partial charge on any atom is -0.496 e. The van der Waals surface area contributed by atoms with Crippen LogP contribution in [-0.2, 0) is 4.74 Å². The lowest BCUT2D eigenvalue weighted by Crippen LogP contribution is -2.45. The summed E-state index contributed by atoms with van der Waals surface area (Å²) < 4.78 is 10.8. The van der Waals surface area contributed by atoms with Gasteiger partial charge in [-0.1, -0.05) is 18.2 Å². The molecule has 1 aliphatic rings. The number of methoxy groups -OCH3 is 1. The van der Waals surface area contributed by atoms with Crippen molar-refractivity contribution < 1.29 is 9.47 Å². The van der Waals surface area contributed by atoms with Gasteiger partial charge in [0.1, 0.15) is 5.75 Å². The molecule has 122 valence electrons. The zero-order valence-corrected chi connectivity index (χ0v) is 13.7. The van der Waals surface area contributed by atoms with Crippen molar-refractivity contribution in [3.05, 3.63) is 29.8 Å². The van der Waals surface area contributed by atoms with Crippen LogP contribution in [0.1, 0.15) is 11.6 Å². The van der Waals surface area contributed by atoms with Crippen molar-refractivity contribution in [3.8, 4) is 5.75 Å². The van der Waals surface area contributed by atoms with E-state index in [-0.39, 0.29) is 6.04 Å². The second-order valence-electron chi connectivity index (χ2n) is 5.52. The van der Waals surface area contributed by atoms with Crippen molar-refractivity contribution in [2.24, 2.45) is 10.7 Å². The van der Waals surface area contributed by atoms with Crippen LogP contribution in [0.4, 0.5) is 0 Å². The van der Waals surface area contributed by atoms with Crippen LogP contribution in [0.15, 0.2) is 29.3 Å². The van der Waals surface area contributed by atoms with Crippen LogP contribution in [0.5, 0.6) is 5.75 Å². The Balaban J connectivity index is 2.11. The lowest BCUT2D eigenvalue weighted by atomic mass is 10.0. The number of para-hydroxylation sites is 1. The molecule has 1 atom stereocenters. The summed E-state index contributed by atoms with van der Waals surface area (Å²) in [6, 6.07) is 8.16. The van der Waals surface area contributed by atoms with Gasteiger partial charge in [-0.05, 0) is 20.2 Å². The van der Waals surface area contributed by atoms with Crippen molar-refractivity contribution in [2.75, 3.05) is 54.1 Å². The zero-order chi connectivity index (χ0) is 15.9. The first-order chi connectivity index (χ1) is 10.6. The highest BCUT2D eigenvalue weighted by Gasteiger charge is 2.19. The van der Waals surface area contributed by atoms with Gasteiger partial charge in [0.05, 0.1) is 32.9 Å². The molecule has 0 saturated carbocycles. The van der Waals surface area contributed by atoms with Crippen molar-refractivity contribution in [1.29, 1.82) is 0 Å². The maximum Gasteiger partial charge on any atom is 0.191 e. The van der Waals surface area contributed by atoms with Crippen LogP contribution >= 0.6 is 0 Å². The number of guanidine groups is 1. The molecule has 0 radical (unpaired) electrons. The van der Waals surface area contributed by atoms with Gasteiger partial charge in [-0.2, -0.15) is 0 Å². The van der Waals surface area contributed by atoms with Crippen molar-refractivity contribution in [3.63, 3.8) is 0 Å². The molecule has 0 aromatic heterocycles. The molecular weight excluding hydrogens is 280 g/mol. The summed E-state index contributed by atoms with van der Waals surface area (Å²) in [5.41, 5.74) is 7.24. The monoisotopic (exact) mass is 306 g/mol. The number of likely N-dealkylation sites (N-methyl/N-ethyl adjacent to an activating group) is 1. The number of benzene rings is 1. The number of ether oxygens (including phenoxy) is 2. The molecule has 1 unspecified atom stereocenters. The van der Waals surface area contributed by atoms with E-state index in [0.717, 1.165) is 24.4 Å². The van der Waals surface area contributed by atoms with E-state index in [9.17, 15) is 0 Å². The molecule has 22 heavy (non-hydrogen) atoms. The van der Waals surface area contributed by atoms with E-state index in [1.807, 2.05) is 32.3 Å². The number of hydrogen-bond donors (Lipinski definition) is 1. The Labute approximate surface area is 132 Å². The summed E-state index contributed by atoms with van der Waals surface area (Å²) in [4.78, 5) is 8.79. The lowest BCUT2D eigenvalue weighted by molar-refractivity contribution is 0.0673. The normalized spacial score (nSPS) is 17.6. The first-order valence-corrected chi connectivity index (χ1v) is 7.55. The highest BCUT2D eigenvalue weighted by atomic mass is 16.5. The predicted octanol–water partition coefficient (Wildman–Crippen LogP) is 0.945. The van der Waals surface area contributed by atoms with Gasteiger partial charge in [0.25, 0.3) is 0 Å². The van der Waals surface area contributed by atoms with Gasteiger partial charge in [-0.3, -0.25) is 4.99 Å². The highest BCUT2D eigenvalue weighted by Crippen LogP contribution is 2.28. The molecular formula is C16H26N4O2. The van der Waals surface area contributed by atoms with E-state index in [1.54, 1.807) is 7.11 Å². The zero-order valence-electron chi connectivity index (χ0n) is 13.7. The SMILES string of the molecule is COc1ccccc1C(CN=C(N)N1CCOCC1)N(C)C. The van der Waals surface area contributed by atoms with E-state index in [0.29, 0.717) is 25.7 Å². The molecule has 0 amide bonds. The second-order valence-corrected chi connectivity index (χ2v) is 5.52. The largest absolute Gasteiger partial charge is 0.496 e. The Hall–Kier alpha value is -1.79. The van der Waals surface area contributed by atoms with Crippen molar-refractivity contribution in [2.45, 2.75) is 6.04 Å². The van der Waals surface area contributed by atoms with E-state index in [1.165, 1.54) is 0 Å². The summed E-state index contributed by atoms with van der Waals surface area (Å²) in [6.45, 7) is 3.61. The Kier molecular flexibility index (Phi) is 6.03. The minimum absolute atomic E-state index is 0.121. The molecule has 1 aromatic rings. The summed E-state index contributed by atoms with van der Waals surface area (Å²) >= 11 is 0. The molecule has 2 N–H and O–H groups in total. The third kappa shape index (κ3) is 4.11. The molecule has 0 aliphatic carbocycles. The summed E-state index contributed by atoms with van der Waals surface area (Å²) in [5.74, 6) is 1.46. The quantitative estimate of drug-likeness (QED) is 0.648. The summed E-state index contributed by atoms with van der Waals surface area (Å²) in [6.07, 6.45) is 0. The first-order valence-electron chi connectivity index (χ1n) is 7.55. The van der Waals surface area contributed by atoms with Crippen LogP contribution in [-0.4, -0.2) is 69.8 Å². The molecule has 1 aromatic carbocycles. The van der Waals surface area contributed by atoms with Crippen LogP contribution in [0.3, 0.4) is 0 Å². The van der Waals surface area contributed by atoms with E-state index in [2.05, 4.69) is 20.9 Å². The topological polar surface area (TPSA) is 63.3 Å². The Morgan fingerprint density at radius 2 is 2.05 bits per heavy atom. The average molecular weight is 306 g/mol. The third-order valence-electron chi connectivity index (χ3n) is 3.88. The van der Waals surface area contributed by atoms with Crippen molar-refractivity contribution >= 4 is 5.96 Å². The Bertz CT molecular complexity index is 499. The summed E-state index contributed by atoms with van der Waals surface area (Å²) in [5, 5.41) is 0. The van der Waals surface area contributed by atoms with Gasteiger partial charge in [-0.25, -0.2) is 0 Å². The molecule has 1 saturated heterocycles. The van der Waals surface area contributed by atoms with Gasteiger partial charge in [0, 0.05) is 18.7 Å². The molecule has 2 rings (SSSR count). The van der Waals surface area contributed by atoms with E-state index >= 15 is 0 Å². The molecule has 0 bridgehead atoms. The second kappa shape index (κ2) is 8.00. The molecule has 1 fully saturated rings. The number of nitrogens with zero attached hydrogens (tertiary/aromatic N) is 3. The van der Waals surface area contributed by atoms with E-state index in [4.69, 9.17) is 15.2 Å². The van der Waals surface area contributed by atoms with Gasteiger partial charge in [-0.15, -0.1) is 0 Å². The molecule has 1 aliphatic heterocycles. The van der Waals surface area contributed by atoms with Gasteiger partial charge < -0.3 is 25.0 Å². The van der Waals surface area contributed by atoms with Gasteiger partial charge in [0.2, 0.25) is 0 Å². The maximum absolute atomic E-state index is 6.12. The number of nitrogens with two attached hydrogens (primary N) is 1. The fourth-order valence-corrected chi connectivity index (χ4v) is 2.55. The lowest BCUT2D eigenvalue weighted by Gasteiger charge is -2.29. The molecule has 6 nitrogen and oxygen atoms in total. The number of rotatable bonds is 5. The highest BCUT2D eigenvalue weighted by molar-refractivity contribution is 5.78. The average Bonchev–Trinajstić information content (AvgIpc) is 2.55. The fourth-order valence-electron chi connectivity index (χ4n) is 2.55. The van der Waals surface area contributed by atoms with Gasteiger partial charge in [0.15, 0.2) is 5.96 Å². The number of aliphatic imine (C=N–C) groups is 1. The van der Waals surface area contributed by atoms with Gasteiger partial charge >= 0.3 is 0 Å². The third-order valence-corrected chi connectivity index (χ3v) is 3.88. The van der Waals surface area contributed by atoms with E-state index < -0.39 is 0 Å². The van der Waals surface area contributed by atoms with Crippen LogP contribution in [0, 0.1) is 0 Å². The maximum atomic E-state index is 6.12. The number of hydrogen-bond acceptors (Lipinski definition) is 4. The van der Waals surface area contributed by atoms with Crippen LogP contribution in [0.25, 0.3) is 0 Å². The van der Waals surface area contributed by atoms with Crippen molar-refractivity contribution in [1.82, 2.24) is 9.80 Å². The van der Waals surface area contributed by atoms with Crippen LogP contribution in [0.2, 0.25) is 0 Å². The first kappa shape index (κ1) is 16.6. The molecule has 1 heterocycles. The standard InChI is InChI=1S/C16H26N4O2/c1-19(2)14(13-6-4-5-7-15(13)21-3)12-18-16(17)20-8-10-22-11-9-20/h4-7,14H,8-12H2,1-3H3,(H2,17,18). The Morgan fingerprint density at radius 1 is 1.36 bits per heavy atom. The minimum atomic E-state index is 0.121. The molecule has 0 spiro atoms. The smallest absolute Gasteiger partial charge is 0.191 e. The number of morpholine rings is 1.